The van der Waals surface area contributed by atoms with Gasteiger partial charge >= 0.3 is 5.97 Å². The fourth-order valence-corrected chi connectivity index (χ4v) is 1.08. The molecule has 0 aromatic heterocycles. The van der Waals surface area contributed by atoms with Gasteiger partial charge in [0.05, 0.1) is 18.6 Å². The van der Waals surface area contributed by atoms with Crippen LogP contribution in [-0.4, -0.2) is 36.0 Å². The lowest BCUT2D eigenvalue weighted by Crippen LogP contribution is -2.36. The minimum atomic E-state index is -0.756. The summed E-state index contributed by atoms with van der Waals surface area (Å²) in [5, 5.41) is 18.4. The van der Waals surface area contributed by atoms with Gasteiger partial charge in [-0.15, -0.1) is 0 Å². The van der Waals surface area contributed by atoms with E-state index in [1.54, 1.807) is 0 Å². The standard InChI is InChI=1S/C13H24O4/c1-6-13(7-14,8-15)9-17-11(16)10(2)12(3,4)5/h14-15H,2,6-9H2,1,3-5H3. The molecule has 100 valence electrons. The quantitative estimate of drug-likeness (QED) is 0.549. The second kappa shape index (κ2) is 6.17. The number of esters is 1. The Morgan fingerprint density at radius 3 is 2.00 bits per heavy atom. The largest absolute Gasteiger partial charge is 0.462 e. The molecule has 0 fully saturated rings. The van der Waals surface area contributed by atoms with E-state index in [0.717, 1.165) is 0 Å². The van der Waals surface area contributed by atoms with Crippen LogP contribution in [0.25, 0.3) is 0 Å². The van der Waals surface area contributed by atoms with Crippen molar-refractivity contribution in [3.05, 3.63) is 12.2 Å². The molecule has 0 aliphatic rings. The van der Waals surface area contributed by atoms with Crippen molar-refractivity contribution in [1.29, 1.82) is 0 Å². The zero-order valence-corrected chi connectivity index (χ0v) is 11.2. The van der Waals surface area contributed by atoms with Gasteiger partial charge in [-0.05, 0) is 11.8 Å². The van der Waals surface area contributed by atoms with E-state index in [1.807, 2.05) is 27.7 Å². The SMILES string of the molecule is C=C(C(=O)OCC(CC)(CO)CO)C(C)(C)C. The monoisotopic (exact) mass is 244 g/mol. The van der Waals surface area contributed by atoms with Gasteiger partial charge in [0.15, 0.2) is 0 Å². The second-order valence-electron chi connectivity index (χ2n) is 5.47. The van der Waals surface area contributed by atoms with Crippen molar-refractivity contribution >= 4 is 5.97 Å². The van der Waals surface area contributed by atoms with E-state index in [4.69, 9.17) is 4.74 Å². The van der Waals surface area contributed by atoms with Crippen LogP contribution >= 0.6 is 0 Å². The van der Waals surface area contributed by atoms with Gasteiger partial charge in [0, 0.05) is 5.57 Å². The molecule has 0 atom stereocenters. The first kappa shape index (κ1) is 16.1. The van der Waals surface area contributed by atoms with Gasteiger partial charge in [0.1, 0.15) is 6.61 Å². The summed E-state index contributed by atoms with van der Waals surface area (Å²) in [5.41, 5.74) is -0.712. The summed E-state index contributed by atoms with van der Waals surface area (Å²) in [6.07, 6.45) is 0.537. The molecule has 0 bridgehead atoms. The number of aliphatic hydroxyl groups excluding tert-OH is 2. The maximum absolute atomic E-state index is 11.7. The number of rotatable bonds is 6. The van der Waals surface area contributed by atoms with Gasteiger partial charge in [-0.25, -0.2) is 4.79 Å². The molecule has 0 aliphatic carbocycles. The summed E-state index contributed by atoms with van der Waals surface area (Å²) in [5.74, 6) is -0.475. The molecule has 0 aromatic rings. The zero-order valence-electron chi connectivity index (χ0n) is 11.2. The average molecular weight is 244 g/mol. The first-order valence-electron chi connectivity index (χ1n) is 5.80. The molecule has 0 saturated carbocycles. The van der Waals surface area contributed by atoms with Crippen LogP contribution in [-0.2, 0) is 9.53 Å². The van der Waals surface area contributed by atoms with Gasteiger partial charge < -0.3 is 14.9 Å². The van der Waals surface area contributed by atoms with E-state index in [-0.39, 0.29) is 25.2 Å². The lowest BCUT2D eigenvalue weighted by Gasteiger charge is -2.28. The van der Waals surface area contributed by atoms with Crippen molar-refractivity contribution in [1.82, 2.24) is 0 Å². The number of hydrogen-bond donors (Lipinski definition) is 2. The Morgan fingerprint density at radius 1 is 1.24 bits per heavy atom. The molecule has 0 radical (unpaired) electrons. The Labute approximate surface area is 103 Å². The Hall–Kier alpha value is -0.870. The molecule has 4 nitrogen and oxygen atoms in total. The lowest BCUT2D eigenvalue weighted by molar-refractivity contribution is -0.146. The molecular weight excluding hydrogens is 220 g/mol. The highest BCUT2D eigenvalue weighted by Crippen LogP contribution is 2.26. The molecular formula is C13H24O4. The van der Waals surface area contributed by atoms with Crippen molar-refractivity contribution in [3.63, 3.8) is 0 Å². The Morgan fingerprint density at radius 2 is 1.71 bits per heavy atom. The summed E-state index contributed by atoms with van der Waals surface area (Å²) in [6, 6.07) is 0. The molecule has 0 unspecified atom stereocenters. The number of carbonyl (C=O) groups excluding carboxylic acids is 1. The molecule has 4 heteroatoms. The van der Waals surface area contributed by atoms with Crippen molar-refractivity contribution < 1.29 is 19.7 Å². The normalized spacial score (nSPS) is 12.4. The van der Waals surface area contributed by atoms with Crippen molar-refractivity contribution in [2.24, 2.45) is 10.8 Å². The van der Waals surface area contributed by atoms with Crippen LogP contribution in [0, 0.1) is 10.8 Å². The van der Waals surface area contributed by atoms with E-state index in [1.165, 1.54) is 0 Å². The smallest absolute Gasteiger partial charge is 0.333 e. The van der Waals surface area contributed by atoms with Crippen LogP contribution in [0.3, 0.4) is 0 Å². The van der Waals surface area contributed by atoms with E-state index >= 15 is 0 Å². The number of hydrogen-bond acceptors (Lipinski definition) is 4. The van der Waals surface area contributed by atoms with Gasteiger partial charge in [0.25, 0.3) is 0 Å². The predicted molar refractivity (Wildman–Crippen MR) is 66.4 cm³/mol. The molecule has 2 N–H and O–H groups in total. The highest BCUT2D eigenvalue weighted by Gasteiger charge is 2.30. The Bertz CT molecular complexity index is 263. The third-order valence-electron chi connectivity index (χ3n) is 3.08. The number of aliphatic hydroxyl groups is 2. The number of ether oxygens (including phenoxy) is 1. The molecule has 0 saturated heterocycles. The molecule has 0 aromatic carbocycles. The second-order valence-corrected chi connectivity index (χ2v) is 5.47. The van der Waals surface area contributed by atoms with Crippen LogP contribution in [0.5, 0.6) is 0 Å². The summed E-state index contributed by atoms with van der Waals surface area (Å²) in [4.78, 5) is 11.7. The van der Waals surface area contributed by atoms with Crippen LogP contribution in [0.4, 0.5) is 0 Å². The van der Waals surface area contributed by atoms with Crippen LogP contribution in [0.1, 0.15) is 34.1 Å². The first-order chi connectivity index (χ1) is 7.72. The van der Waals surface area contributed by atoms with Crippen molar-refractivity contribution in [2.75, 3.05) is 19.8 Å². The Kier molecular flexibility index (Phi) is 5.85. The van der Waals surface area contributed by atoms with Crippen LogP contribution < -0.4 is 0 Å². The van der Waals surface area contributed by atoms with Crippen molar-refractivity contribution in [2.45, 2.75) is 34.1 Å². The minimum Gasteiger partial charge on any atom is -0.462 e. The fraction of sp³-hybridized carbons (Fsp3) is 0.769. The van der Waals surface area contributed by atoms with E-state index < -0.39 is 11.4 Å². The summed E-state index contributed by atoms with van der Waals surface area (Å²) in [7, 11) is 0. The number of carbonyl (C=O) groups is 1. The van der Waals surface area contributed by atoms with Gasteiger partial charge in [0.2, 0.25) is 0 Å². The highest BCUT2D eigenvalue weighted by atomic mass is 16.5. The third-order valence-corrected chi connectivity index (χ3v) is 3.08. The van der Waals surface area contributed by atoms with E-state index in [9.17, 15) is 15.0 Å². The van der Waals surface area contributed by atoms with Gasteiger partial charge in [-0.2, -0.15) is 0 Å². The maximum atomic E-state index is 11.7. The first-order valence-corrected chi connectivity index (χ1v) is 5.80. The molecule has 0 rings (SSSR count). The summed E-state index contributed by atoms with van der Waals surface area (Å²) >= 11 is 0. The van der Waals surface area contributed by atoms with E-state index in [0.29, 0.717) is 12.0 Å². The fourth-order valence-electron chi connectivity index (χ4n) is 1.08. The third kappa shape index (κ3) is 4.48. The molecule has 17 heavy (non-hydrogen) atoms. The molecule has 0 spiro atoms. The van der Waals surface area contributed by atoms with Crippen LogP contribution in [0.15, 0.2) is 12.2 Å². The molecule has 0 heterocycles. The van der Waals surface area contributed by atoms with Gasteiger partial charge in [-0.3, -0.25) is 0 Å². The topological polar surface area (TPSA) is 66.8 Å². The maximum Gasteiger partial charge on any atom is 0.333 e. The molecule has 0 aliphatic heterocycles. The van der Waals surface area contributed by atoms with Crippen molar-refractivity contribution in [3.8, 4) is 0 Å². The molecule has 0 amide bonds. The minimum absolute atomic E-state index is 0.00440. The highest BCUT2D eigenvalue weighted by molar-refractivity contribution is 5.89. The van der Waals surface area contributed by atoms with E-state index in [2.05, 4.69) is 6.58 Å². The average Bonchev–Trinajstić information content (AvgIpc) is 2.29. The van der Waals surface area contributed by atoms with Crippen LogP contribution in [0.2, 0.25) is 0 Å². The predicted octanol–water partition coefficient (Wildman–Crippen LogP) is 1.51. The summed E-state index contributed by atoms with van der Waals surface area (Å²) in [6.45, 7) is 10.7. The zero-order chi connectivity index (χ0) is 13.7. The Balaban J connectivity index is 4.47. The lowest BCUT2D eigenvalue weighted by atomic mass is 9.87. The summed E-state index contributed by atoms with van der Waals surface area (Å²) < 4.78 is 5.11. The van der Waals surface area contributed by atoms with Gasteiger partial charge in [-0.1, -0.05) is 34.3 Å².